The lowest BCUT2D eigenvalue weighted by molar-refractivity contribution is -0.135. The lowest BCUT2D eigenvalue weighted by Gasteiger charge is -2.14. The number of fused-ring (bicyclic) bond motifs is 1. The third-order valence-corrected chi connectivity index (χ3v) is 3.79. The SMILES string of the molecule is COc1cccc2nc(C)c(Cl)c(CCCC(F)(F)F)c12. The average Bonchev–Trinajstić information content (AvgIpc) is 2.41. The molecule has 2 aromatic rings. The first-order chi connectivity index (χ1) is 9.83. The maximum atomic E-state index is 12.3. The van der Waals surface area contributed by atoms with Gasteiger partial charge in [-0.05, 0) is 37.5 Å². The molecule has 6 heteroatoms. The van der Waals surface area contributed by atoms with Gasteiger partial charge in [0.25, 0.3) is 0 Å². The maximum Gasteiger partial charge on any atom is 0.389 e. The van der Waals surface area contributed by atoms with Gasteiger partial charge >= 0.3 is 6.18 Å². The van der Waals surface area contributed by atoms with Crippen molar-refractivity contribution in [3.05, 3.63) is 34.5 Å². The Morgan fingerprint density at radius 2 is 2.00 bits per heavy atom. The first-order valence-electron chi connectivity index (χ1n) is 6.52. The summed E-state index contributed by atoms with van der Waals surface area (Å²) >= 11 is 6.25. The van der Waals surface area contributed by atoms with Crippen molar-refractivity contribution in [3.63, 3.8) is 0 Å². The molecule has 0 spiro atoms. The van der Waals surface area contributed by atoms with Gasteiger partial charge in [-0.3, -0.25) is 4.98 Å². The number of hydrogen-bond donors (Lipinski definition) is 0. The van der Waals surface area contributed by atoms with Crippen LogP contribution in [0.3, 0.4) is 0 Å². The van der Waals surface area contributed by atoms with Crippen LogP contribution < -0.4 is 4.74 Å². The Morgan fingerprint density at radius 1 is 1.29 bits per heavy atom. The zero-order valence-electron chi connectivity index (χ0n) is 11.7. The molecule has 0 N–H and O–H groups in total. The Labute approximate surface area is 125 Å². The van der Waals surface area contributed by atoms with Crippen LogP contribution in [0.1, 0.15) is 24.1 Å². The van der Waals surface area contributed by atoms with Crippen LogP contribution in [0.25, 0.3) is 10.9 Å². The van der Waals surface area contributed by atoms with Gasteiger partial charge in [0.05, 0.1) is 23.3 Å². The van der Waals surface area contributed by atoms with E-state index >= 15 is 0 Å². The van der Waals surface area contributed by atoms with E-state index < -0.39 is 12.6 Å². The molecule has 0 atom stereocenters. The summed E-state index contributed by atoms with van der Waals surface area (Å²) in [6.45, 7) is 1.74. The van der Waals surface area contributed by atoms with E-state index in [9.17, 15) is 13.2 Å². The van der Waals surface area contributed by atoms with E-state index in [0.29, 0.717) is 32.9 Å². The fourth-order valence-electron chi connectivity index (χ4n) is 2.34. The van der Waals surface area contributed by atoms with Crippen LogP contribution in [0.4, 0.5) is 13.2 Å². The van der Waals surface area contributed by atoms with Crippen molar-refractivity contribution in [2.24, 2.45) is 0 Å². The monoisotopic (exact) mass is 317 g/mol. The van der Waals surface area contributed by atoms with Crippen molar-refractivity contribution in [3.8, 4) is 5.75 Å². The van der Waals surface area contributed by atoms with Gasteiger partial charge in [-0.15, -0.1) is 0 Å². The summed E-state index contributed by atoms with van der Waals surface area (Å²) in [5.41, 5.74) is 1.96. The Balaban J connectivity index is 2.46. The third kappa shape index (κ3) is 3.59. The Bertz CT molecular complexity index is 655. The number of hydrogen-bond acceptors (Lipinski definition) is 2. The second-order valence-electron chi connectivity index (χ2n) is 4.81. The van der Waals surface area contributed by atoms with Gasteiger partial charge in [-0.2, -0.15) is 13.2 Å². The zero-order chi connectivity index (χ0) is 15.6. The number of aryl methyl sites for hydroxylation is 2. The fourth-order valence-corrected chi connectivity index (χ4v) is 2.58. The standard InChI is InChI=1S/C15H15ClF3NO/c1-9-14(16)10(5-4-8-15(17,18)19)13-11(20-9)6-3-7-12(13)21-2/h3,6-7H,4-5,8H2,1-2H3. The summed E-state index contributed by atoms with van der Waals surface area (Å²) in [5, 5.41) is 1.10. The van der Waals surface area contributed by atoms with Crippen LogP contribution in [-0.2, 0) is 6.42 Å². The molecule has 0 fully saturated rings. The van der Waals surface area contributed by atoms with Gasteiger partial charge in [-0.1, -0.05) is 17.7 Å². The van der Waals surface area contributed by atoms with Crippen LogP contribution >= 0.6 is 11.6 Å². The third-order valence-electron chi connectivity index (χ3n) is 3.28. The highest BCUT2D eigenvalue weighted by Gasteiger charge is 2.26. The molecule has 1 aromatic heterocycles. The van der Waals surface area contributed by atoms with Crippen LogP contribution in [0.2, 0.25) is 5.02 Å². The second kappa shape index (κ2) is 6.10. The van der Waals surface area contributed by atoms with Crippen molar-refractivity contribution in [2.75, 3.05) is 7.11 Å². The predicted molar refractivity (Wildman–Crippen MR) is 77.0 cm³/mol. The van der Waals surface area contributed by atoms with Gasteiger partial charge in [0.15, 0.2) is 0 Å². The van der Waals surface area contributed by atoms with Crippen molar-refractivity contribution in [1.29, 1.82) is 0 Å². The van der Waals surface area contributed by atoms with Gasteiger partial charge in [0.2, 0.25) is 0 Å². The van der Waals surface area contributed by atoms with Crippen molar-refractivity contribution < 1.29 is 17.9 Å². The molecule has 2 rings (SSSR count). The number of alkyl halides is 3. The van der Waals surface area contributed by atoms with Crippen LogP contribution in [0.15, 0.2) is 18.2 Å². The Morgan fingerprint density at radius 3 is 2.62 bits per heavy atom. The Kier molecular flexibility index (Phi) is 4.61. The summed E-state index contributed by atoms with van der Waals surface area (Å²) in [6.07, 6.45) is -4.77. The molecule has 21 heavy (non-hydrogen) atoms. The van der Waals surface area contributed by atoms with E-state index in [0.717, 1.165) is 0 Å². The molecule has 0 aliphatic rings. The number of aromatic nitrogens is 1. The molecule has 0 bridgehead atoms. The number of halogens is 4. The van der Waals surface area contributed by atoms with E-state index in [2.05, 4.69) is 4.98 Å². The topological polar surface area (TPSA) is 22.1 Å². The smallest absolute Gasteiger partial charge is 0.389 e. The molecule has 0 aliphatic carbocycles. The minimum atomic E-state index is -4.16. The molecule has 2 nitrogen and oxygen atoms in total. The highest BCUT2D eigenvalue weighted by atomic mass is 35.5. The molecule has 0 saturated heterocycles. The molecule has 1 aromatic carbocycles. The van der Waals surface area contributed by atoms with E-state index in [4.69, 9.17) is 16.3 Å². The van der Waals surface area contributed by atoms with Gasteiger partial charge in [-0.25, -0.2) is 0 Å². The summed E-state index contributed by atoms with van der Waals surface area (Å²) in [7, 11) is 1.52. The lowest BCUT2D eigenvalue weighted by Crippen LogP contribution is -2.07. The maximum absolute atomic E-state index is 12.3. The van der Waals surface area contributed by atoms with Crippen molar-refractivity contribution in [1.82, 2.24) is 4.98 Å². The normalized spacial score (nSPS) is 11.9. The average molecular weight is 318 g/mol. The molecule has 114 valence electrons. The van der Waals surface area contributed by atoms with E-state index in [1.165, 1.54) is 7.11 Å². The van der Waals surface area contributed by atoms with Crippen LogP contribution in [0, 0.1) is 6.92 Å². The Hall–Kier alpha value is -1.49. The minimum Gasteiger partial charge on any atom is -0.496 e. The molecule has 0 radical (unpaired) electrons. The molecular formula is C15H15ClF3NO. The number of ether oxygens (including phenoxy) is 1. The van der Waals surface area contributed by atoms with Gasteiger partial charge in [0.1, 0.15) is 5.75 Å². The number of benzene rings is 1. The molecule has 0 unspecified atom stereocenters. The second-order valence-corrected chi connectivity index (χ2v) is 5.19. The summed E-state index contributed by atoms with van der Waals surface area (Å²) in [6, 6.07) is 5.35. The number of nitrogens with zero attached hydrogens (tertiary/aromatic N) is 1. The summed E-state index contributed by atoms with van der Waals surface area (Å²) < 4.78 is 42.3. The molecule has 0 aliphatic heterocycles. The van der Waals surface area contributed by atoms with E-state index in [1.54, 1.807) is 25.1 Å². The lowest BCUT2D eigenvalue weighted by atomic mass is 10.0. The van der Waals surface area contributed by atoms with Crippen molar-refractivity contribution >= 4 is 22.5 Å². The van der Waals surface area contributed by atoms with Crippen LogP contribution in [0.5, 0.6) is 5.75 Å². The van der Waals surface area contributed by atoms with Crippen LogP contribution in [-0.4, -0.2) is 18.3 Å². The number of pyridine rings is 1. The summed E-state index contributed by atoms with van der Waals surface area (Å²) in [5.74, 6) is 0.573. The van der Waals surface area contributed by atoms with Gasteiger partial charge < -0.3 is 4.74 Å². The minimum absolute atomic E-state index is 0.0141. The fraction of sp³-hybridized carbons (Fsp3) is 0.400. The van der Waals surface area contributed by atoms with E-state index in [-0.39, 0.29) is 12.8 Å². The molecule has 0 amide bonds. The number of rotatable bonds is 4. The van der Waals surface area contributed by atoms with Crippen molar-refractivity contribution in [2.45, 2.75) is 32.4 Å². The van der Waals surface area contributed by atoms with E-state index in [1.807, 2.05) is 0 Å². The molecule has 0 saturated carbocycles. The largest absolute Gasteiger partial charge is 0.496 e. The summed E-state index contributed by atoms with van der Waals surface area (Å²) in [4.78, 5) is 4.37. The molecule has 1 heterocycles. The highest BCUT2D eigenvalue weighted by Crippen LogP contribution is 2.35. The first kappa shape index (κ1) is 15.9. The van der Waals surface area contributed by atoms with Gasteiger partial charge in [0, 0.05) is 11.8 Å². The highest BCUT2D eigenvalue weighted by molar-refractivity contribution is 6.33. The zero-order valence-corrected chi connectivity index (χ0v) is 12.5. The number of methoxy groups -OCH3 is 1. The molecular weight excluding hydrogens is 303 g/mol. The first-order valence-corrected chi connectivity index (χ1v) is 6.89. The predicted octanol–water partition coefficient (Wildman–Crippen LogP) is 5.09. The quantitative estimate of drug-likeness (QED) is 0.783.